The number of hydrogen-bond acceptors (Lipinski definition) is 7. The predicted molar refractivity (Wildman–Crippen MR) is 91.3 cm³/mol. The van der Waals surface area contributed by atoms with Crippen LogP contribution < -0.4 is 0 Å². The van der Waals surface area contributed by atoms with Gasteiger partial charge in [0.25, 0.3) is 0 Å². The fourth-order valence-corrected chi connectivity index (χ4v) is 3.71. The quantitative estimate of drug-likeness (QED) is 0.203. The molecule has 138 valence electrons. The summed E-state index contributed by atoms with van der Waals surface area (Å²) in [6.45, 7) is 9.45. The van der Waals surface area contributed by atoms with Crippen LogP contribution in [0, 0.1) is 0 Å². The molecule has 0 N–H and O–H groups in total. The van der Waals surface area contributed by atoms with Gasteiger partial charge in [0.1, 0.15) is 0 Å². The van der Waals surface area contributed by atoms with Crippen molar-refractivity contribution in [3.63, 3.8) is 0 Å². The first-order chi connectivity index (χ1) is 11.4. The summed E-state index contributed by atoms with van der Waals surface area (Å²) in [5.74, 6) is -0.843. The zero-order chi connectivity index (χ0) is 18.4. The number of unbranched alkanes of at least 4 members (excludes halogenated alkanes) is 1. The van der Waals surface area contributed by atoms with E-state index in [9.17, 15) is 9.59 Å². The van der Waals surface area contributed by atoms with Crippen molar-refractivity contribution >= 4 is 20.7 Å². The summed E-state index contributed by atoms with van der Waals surface area (Å²) in [5.41, 5.74) is 0.366. The average Bonchev–Trinajstić information content (AvgIpc) is 2.59. The van der Waals surface area contributed by atoms with Gasteiger partial charge in [-0.25, -0.2) is 9.59 Å². The standard InChI is InChI=1S/C16H28O7Si/c1-6-15(17)21-10-7-8-12-23-24(19-4,20-5)13-9-11-22-16(18)14(2)3/h6H,1-2,7-13H2,3-5H3. The average molecular weight is 360 g/mol. The van der Waals surface area contributed by atoms with Gasteiger partial charge in [0.05, 0.1) is 13.2 Å². The SMILES string of the molecule is C=CC(=O)OCCCCO[Si](CCCOC(=O)C(=C)C)(OC)OC. The number of hydrogen-bond donors (Lipinski definition) is 0. The van der Waals surface area contributed by atoms with Gasteiger partial charge in [0, 0.05) is 38.5 Å². The Balaban J connectivity index is 4.03. The second-order valence-electron chi connectivity index (χ2n) is 5.04. The minimum atomic E-state index is -2.77. The maximum atomic E-state index is 11.3. The van der Waals surface area contributed by atoms with E-state index in [-0.39, 0.29) is 6.61 Å². The molecule has 0 aromatic rings. The number of rotatable bonds is 14. The second-order valence-corrected chi connectivity index (χ2v) is 8.01. The van der Waals surface area contributed by atoms with Crippen LogP contribution in [0.1, 0.15) is 26.2 Å². The van der Waals surface area contributed by atoms with Crippen LogP contribution in [0.4, 0.5) is 0 Å². The van der Waals surface area contributed by atoms with Crippen LogP contribution in [0.2, 0.25) is 6.04 Å². The predicted octanol–water partition coefficient (Wildman–Crippen LogP) is 2.25. The molecule has 0 spiro atoms. The van der Waals surface area contributed by atoms with Gasteiger partial charge in [0.2, 0.25) is 0 Å². The van der Waals surface area contributed by atoms with E-state index in [4.69, 9.17) is 22.8 Å². The van der Waals surface area contributed by atoms with E-state index < -0.39 is 20.7 Å². The fourth-order valence-electron chi connectivity index (χ4n) is 1.72. The van der Waals surface area contributed by atoms with Gasteiger partial charge in [-0.1, -0.05) is 13.2 Å². The molecule has 24 heavy (non-hydrogen) atoms. The summed E-state index contributed by atoms with van der Waals surface area (Å²) in [6, 6.07) is 0.537. The van der Waals surface area contributed by atoms with Gasteiger partial charge in [0.15, 0.2) is 0 Å². The minimum absolute atomic E-state index is 0.258. The highest BCUT2D eigenvalue weighted by Gasteiger charge is 2.38. The number of carbonyl (C=O) groups excluding carboxylic acids is 2. The third-order valence-electron chi connectivity index (χ3n) is 3.10. The van der Waals surface area contributed by atoms with Gasteiger partial charge in [-0.3, -0.25) is 0 Å². The summed E-state index contributed by atoms with van der Waals surface area (Å²) in [4.78, 5) is 22.2. The molecule has 0 aromatic heterocycles. The molecule has 0 rings (SSSR count). The molecule has 0 aromatic carbocycles. The van der Waals surface area contributed by atoms with Crippen LogP contribution in [0.25, 0.3) is 0 Å². The van der Waals surface area contributed by atoms with Crippen molar-refractivity contribution in [3.05, 3.63) is 24.8 Å². The van der Waals surface area contributed by atoms with Crippen molar-refractivity contribution in [3.8, 4) is 0 Å². The van der Waals surface area contributed by atoms with Gasteiger partial charge in [-0.15, -0.1) is 0 Å². The maximum Gasteiger partial charge on any atom is 0.500 e. The van der Waals surface area contributed by atoms with Crippen LogP contribution >= 0.6 is 0 Å². The van der Waals surface area contributed by atoms with Gasteiger partial charge in [-0.05, 0) is 26.2 Å². The monoisotopic (exact) mass is 360 g/mol. The highest BCUT2D eigenvalue weighted by molar-refractivity contribution is 6.60. The van der Waals surface area contributed by atoms with E-state index in [0.29, 0.717) is 44.1 Å². The molecule has 0 saturated carbocycles. The van der Waals surface area contributed by atoms with E-state index in [0.717, 1.165) is 6.08 Å². The van der Waals surface area contributed by atoms with E-state index in [1.165, 1.54) is 0 Å². The zero-order valence-corrected chi connectivity index (χ0v) is 15.8. The van der Waals surface area contributed by atoms with Crippen molar-refractivity contribution in [1.82, 2.24) is 0 Å². The molecule has 0 atom stereocenters. The molecule has 0 aliphatic heterocycles. The Hall–Kier alpha value is -1.48. The van der Waals surface area contributed by atoms with Crippen molar-refractivity contribution in [2.45, 2.75) is 32.2 Å². The fraction of sp³-hybridized carbons (Fsp3) is 0.625. The third kappa shape index (κ3) is 9.61. The lowest BCUT2D eigenvalue weighted by molar-refractivity contribution is -0.139. The van der Waals surface area contributed by atoms with Crippen LogP contribution in [-0.2, 0) is 32.3 Å². The molecule has 0 aliphatic rings. The molecule has 0 bridgehead atoms. The smallest absolute Gasteiger partial charge is 0.463 e. The lowest BCUT2D eigenvalue weighted by Gasteiger charge is -2.26. The van der Waals surface area contributed by atoms with Crippen molar-refractivity contribution in [1.29, 1.82) is 0 Å². The Morgan fingerprint density at radius 2 is 1.58 bits per heavy atom. The molecule has 7 nitrogen and oxygen atoms in total. The molecule has 0 amide bonds. The third-order valence-corrected chi connectivity index (χ3v) is 5.96. The van der Waals surface area contributed by atoms with E-state index >= 15 is 0 Å². The first kappa shape index (κ1) is 22.5. The van der Waals surface area contributed by atoms with Crippen molar-refractivity contribution in [2.75, 3.05) is 34.0 Å². The topological polar surface area (TPSA) is 80.3 Å². The maximum absolute atomic E-state index is 11.3. The molecule has 8 heteroatoms. The summed E-state index contributed by atoms with van der Waals surface area (Å²) >= 11 is 0. The Morgan fingerprint density at radius 3 is 2.12 bits per heavy atom. The number of carbonyl (C=O) groups is 2. The summed E-state index contributed by atoms with van der Waals surface area (Å²) < 4.78 is 26.6. The normalized spacial score (nSPS) is 11.0. The molecular formula is C16H28O7Si. The van der Waals surface area contributed by atoms with E-state index in [1.807, 2.05) is 0 Å². The van der Waals surface area contributed by atoms with Crippen LogP contribution in [0.15, 0.2) is 24.8 Å². The molecule has 0 heterocycles. The van der Waals surface area contributed by atoms with Gasteiger partial charge < -0.3 is 22.8 Å². The molecule has 0 fully saturated rings. The highest BCUT2D eigenvalue weighted by atomic mass is 28.4. The lowest BCUT2D eigenvalue weighted by atomic mass is 10.3. The van der Waals surface area contributed by atoms with Crippen LogP contribution in [0.3, 0.4) is 0 Å². The zero-order valence-electron chi connectivity index (χ0n) is 14.8. The Bertz CT molecular complexity index is 419. The first-order valence-electron chi connectivity index (χ1n) is 7.77. The van der Waals surface area contributed by atoms with Crippen LogP contribution in [-0.4, -0.2) is 54.8 Å². The minimum Gasteiger partial charge on any atom is -0.463 e. The van der Waals surface area contributed by atoms with Crippen molar-refractivity contribution in [2.24, 2.45) is 0 Å². The highest BCUT2D eigenvalue weighted by Crippen LogP contribution is 2.17. The van der Waals surface area contributed by atoms with Gasteiger partial charge >= 0.3 is 20.7 Å². The summed E-state index contributed by atoms with van der Waals surface area (Å²) in [6.07, 6.45) is 3.08. The van der Waals surface area contributed by atoms with Crippen molar-refractivity contribution < 1.29 is 32.3 Å². The Kier molecular flexibility index (Phi) is 12.1. The van der Waals surface area contributed by atoms with Gasteiger partial charge in [-0.2, -0.15) is 0 Å². The van der Waals surface area contributed by atoms with E-state index in [2.05, 4.69) is 13.2 Å². The number of esters is 2. The largest absolute Gasteiger partial charge is 0.500 e. The lowest BCUT2D eigenvalue weighted by Crippen LogP contribution is -2.44. The number of ether oxygens (including phenoxy) is 2. The van der Waals surface area contributed by atoms with E-state index in [1.54, 1.807) is 21.1 Å². The molecule has 0 saturated heterocycles. The second kappa shape index (κ2) is 12.9. The molecule has 0 unspecified atom stereocenters. The summed E-state index contributed by atoms with van der Waals surface area (Å²) in [5, 5.41) is 0. The molecule has 0 aliphatic carbocycles. The summed E-state index contributed by atoms with van der Waals surface area (Å²) in [7, 11) is 0.317. The molecular weight excluding hydrogens is 332 g/mol. The van der Waals surface area contributed by atoms with Crippen LogP contribution in [0.5, 0.6) is 0 Å². The first-order valence-corrected chi connectivity index (χ1v) is 9.70. The molecule has 0 radical (unpaired) electrons. The Morgan fingerprint density at radius 1 is 1.00 bits per heavy atom. The Labute approximate surface area is 144 Å².